The van der Waals surface area contributed by atoms with Crippen LogP contribution in [0.1, 0.15) is 12.8 Å². The zero-order valence-electron chi connectivity index (χ0n) is 15.8. The maximum atomic E-state index is 12.3. The van der Waals surface area contributed by atoms with Crippen LogP contribution in [0.15, 0.2) is 31.2 Å². The molecule has 2 fully saturated rings. The first-order chi connectivity index (χ1) is 13.7. The molecule has 4 heterocycles. The molecule has 0 aliphatic carbocycles. The molecule has 8 heteroatoms. The van der Waals surface area contributed by atoms with Crippen molar-refractivity contribution in [2.24, 2.45) is 11.8 Å². The van der Waals surface area contributed by atoms with E-state index in [0.29, 0.717) is 12.5 Å². The summed E-state index contributed by atoms with van der Waals surface area (Å²) in [4.78, 5) is 28.3. The van der Waals surface area contributed by atoms with Crippen molar-refractivity contribution < 1.29 is 4.79 Å². The van der Waals surface area contributed by atoms with E-state index in [1.165, 1.54) is 6.08 Å². The van der Waals surface area contributed by atoms with Gasteiger partial charge < -0.3 is 20.1 Å². The maximum Gasteiger partial charge on any atom is 0.246 e. The lowest BCUT2D eigenvalue weighted by molar-refractivity contribution is -0.128. The number of rotatable bonds is 5. The minimum absolute atomic E-state index is 0.0395. The summed E-state index contributed by atoms with van der Waals surface area (Å²) >= 11 is 0. The Kier molecular flexibility index (Phi) is 5.26. The number of nitrogens with one attached hydrogen (secondary N) is 2. The second-order valence-corrected chi connectivity index (χ2v) is 7.73. The first-order valence-electron chi connectivity index (χ1n) is 9.74. The molecule has 2 aliphatic heterocycles. The average Bonchev–Trinajstić information content (AvgIpc) is 3.37. The van der Waals surface area contributed by atoms with Gasteiger partial charge in [0.05, 0.1) is 17.4 Å². The number of anilines is 1. The molecule has 0 aromatic carbocycles. The van der Waals surface area contributed by atoms with Gasteiger partial charge in [0, 0.05) is 38.4 Å². The lowest BCUT2D eigenvalue weighted by Gasteiger charge is -2.39. The van der Waals surface area contributed by atoms with Crippen LogP contribution in [0, 0.1) is 23.2 Å². The number of hydrogen-bond acceptors (Lipinski definition) is 6. The third-order valence-electron chi connectivity index (χ3n) is 5.69. The number of nitrogens with zero attached hydrogens (tertiary/aromatic N) is 5. The summed E-state index contributed by atoms with van der Waals surface area (Å²) in [7, 11) is 0. The molecule has 8 nitrogen and oxygen atoms in total. The Morgan fingerprint density at radius 1 is 1.43 bits per heavy atom. The second-order valence-electron chi connectivity index (χ2n) is 7.73. The Bertz CT molecular complexity index is 901. The molecule has 28 heavy (non-hydrogen) atoms. The van der Waals surface area contributed by atoms with Crippen LogP contribution in [0.4, 0.5) is 5.82 Å². The fourth-order valence-electron chi connectivity index (χ4n) is 4.40. The highest BCUT2D eigenvalue weighted by atomic mass is 16.2. The van der Waals surface area contributed by atoms with E-state index in [1.807, 2.05) is 17.2 Å². The standard InChI is InChI=1S/C20H25N7O/c1-2-18(28)27-11-15(10-26-6-4-14(8-21)9-26)7-16(12-27)25-20-17-3-5-22-19(17)23-13-24-20/h2-3,5,13-16H,1,4,6-7,9-12H2,(H2,22,23,24,25)/t14-,15+,16+/m1/s1. The zero-order chi connectivity index (χ0) is 19.5. The molecule has 0 saturated carbocycles. The van der Waals surface area contributed by atoms with Crippen molar-refractivity contribution in [3.63, 3.8) is 0 Å². The van der Waals surface area contributed by atoms with Gasteiger partial charge in [-0.2, -0.15) is 5.26 Å². The fourth-order valence-corrected chi connectivity index (χ4v) is 4.40. The van der Waals surface area contributed by atoms with E-state index in [-0.39, 0.29) is 17.9 Å². The van der Waals surface area contributed by atoms with Crippen molar-refractivity contribution in [2.75, 3.05) is 38.0 Å². The van der Waals surface area contributed by atoms with Crippen molar-refractivity contribution in [3.05, 3.63) is 31.2 Å². The van der Waals surface area contributed by atoms with Crippen molar-refractivity contribution in [1.29, 1.82) is 5.26 Å². The third kappa shape index (κ3) is 3.85. The number of nitriles is 1. The van der Waals surface area contributed by atoms with Crippen LogP contribution in [0.3, 0.4) is 0 Å². The van der Waals surface area contributed by atoms with Gasteiger partial charge in [-0.05, 0) is 37.4 Å². The van der Waals surface area contributed by atoms with E-state index in [2.05, 4.69) is 37.8 Å². The topological polar surface area (TPSA) is 101 Å². The molecule has 2 saturated heterocycles. The molecule has 1 amide bonds. The predicted octanol–water partition coefficient (Wildman–Crippen LogP) is 1.62. The summed E-state index contributed by atoms with van der Waals surface area (Å²) in [6.45, 7) is 7.68. The van der Waals surface area contributed by atoms with Crippen LogP contribution in [0.5, 0.6) is 0 Å². The van der Waals surface area contributed by atoms with E-state index in [9.17, 15) is 4.79 Å². The van der Waals surface area contributed by atoms with Crippen molar-refractivity contribution >= 4 is 22.8 Å². The Hall–Kier alpha value is -2.92. The third-order valence-corrected chi connectivity index (χ3v) is 5.69. The quantitative estimate of drug-likeness (QED) is 0.766. The van der Waals surface area contributed by atoms with Gasteiger partial charge in [-0.15, -0.1) is 0 Å². The molecule has 2 aromatic rings. The molecule has 2 N–H and O–H groups in total. The van der Waals surface area contributed by atoms with E-state index in [0.717, 1.165) is 55.9 Å². The summed E-state index contributed by atoms with van der Waals surface area (Å²) < 4.78 is 0. The minimum Gasteiger partial charge on any atom is -0.365 e. The molecule has 0 unspecified atom stereocenters. The van der Waals surface area contributed by atoms with Gasteiger partial charge in [0.15, 0.2) is 0 Å². The largest absolute Gasteiger partial charge is 0.365 e. The number of hydrogen-bond donors (Lipinski definition) is 2. The molecule has 4 rings (SSSR count). The number of carbonyl (C=O) groups excluding carboxylic acids is 1. The number of piperidine rings is 1. The summed E-state index contributed by atoms with van der Waals surface area (Å²) in [6, 6.07) is 4.43. The van der Waals surface area contributed by atoms with Gasteiger partial charge in [-0.25, -0.2) is 9.97 Å². The van der Waals surface area contributed by atoms with Crippen LogP contribution in [0.25, 0.3) is 11.0 Å². The monoisotopic (exact) mass is 379 g/mol. The highest BCUT2D eigenvalue weighted by Gasteiger charge is 2.32. The van der Waals surface area contributed by atoms with Crippen LogP contribution < -0.4 is 5.32 Å². The van der Waals surface area contributed by atoms with Gasteiger partial charge in [0.25, 0.3) is 0 Å². The highest BCUT2D eigenvalue weighted by Crippen LogP contribution is 2.26. The average molecular weight is 379 g/mol. The van der Waals surface area contributed by atoms with Crippen LogP contribution >= 0.6 is 0 Å². The van der Waals surface area contributed by atoms with E-state index >= 15 is 0 Å². The van der Waals surface area contributed by atoms with Gasteiger partial charge >= 0.3 is 0 Å². The molecule has 146 valence electrons. The number of amides is 1. The Balaban J connectivity index is 1.48. The number of H-pyrrole nitrogens is 1. The van der Waals surface area contributed by atoms with Crippen molar-refractivity contribution in [3.8, 4) is 6.07 Å². The zero-order valence-corrected chi connectivity index (χ0v) is 15.8. The first-order valence-corrected chi connectivity index (χ1v) is 9.74. The molecule has 2 aliphatic rings. The van der Waals surface area contributed by atoms with Crippen LogP contribution in [-0.2, 0) is 4.79 Å². The Morgan fingerprint density at radius 3 is 3.11 bits per heavy atom. The van der Waals surface area contributed by atoms with E-state index in [4.69, 9.17) is 5.26 Å². The molecular formula is C20H25N7O. The second kappa shape index (κ2) is 7.98. The molecule has 3 atom stereocenters. The van der Waals surface area contributed by atoms with Crippen LogP contribution in [0.2, 0.25) is 0 Å². The number of likely N-dealkylation sites (tertiary alicyclic amines) is 2. The molecule has 2 aromatic heterocycles. The number of aromatic nitrogens is 3. The normalized spacial score (nSPS) is 25.5. The Morgan fingerprint density at radius 2 is 2.32 bits per heavy atom. The Labute approximate surface area is 164 Å². The summed E-state index contributed by atoms with van der Waals surface area (Å²) in [6.07, 6.45) is 6.66. The summed E-state index contributed by atoms with van der Waals surface area (Å²) in [5.74, 6) is 1.22. The SMILES string of the molecule is C=CC(=O)N1C[C@H](CN2CC[C@H](C#N)C2)C[C@H](Nc2ncnc3[nH]ccc23)C1. The lowest BCUT2D eigenvalue weighted by Crippen LogP contribution is -2.50. The van der Waals surface area contributed by atoms with Gasteiger partial charge in [0.2, 0.25) is 5.91 Å². The molecule has 0 bridgehead atoms. The van der Waals surface area contributed by atoms with E-state index < -0.39 is 0 Å². The molecule has 0 spiro atoms. The summed E-state index contributed by atoms with van der Waals surface area (Å²) in [5.41, 5.74) is 0.795. The lowest BCUT2D eigenvalue weighted by atomic mass is 9.93. The summed E-state index contributed by atoms with van der Waals surface area (Å²) in [5, 5.41) is 13.6. The van der Waals surface area contributed by atoms with Crippen molar-refractivity contribution in [1.82, 2.24) is 24.8 Å². The fraction of sp³-hybridized carbons (Fsp3) is 0.500. The van der Waals surface area contributed by atoms with E-state index in [1.54, 1.807) is 6.33 Å². The minimum atomic E-state index is -0.0395. The van der Waals surface area contributed by atoms with Crippen LogP contribution in [-0.4, -0.2) is 69.4 Å². The predicted molar refractivity (Wildman–Crippen MR) is 106 cm³/mol. The highest BCUT2D eigenvalue weighted by molar-refractivity contribution is 5.88. The number of fused-ring (bicyclic) bond motifs is 1. The maximum absolute atomic E-state index is 12.3. The molecular weight excluding hydrogens is 354 g/mol. The van der Waals surface area contributed by atoms with Gasteiger partial charge in [-0.1, -0.05) is 6.58 Å². The van der Waals surface area contributed by atoms with Crippen molar-refractivity contribution in [2.45, 2.75) is 18.9 Å². The number of aromatic amines is 1. The molecule has 0 radical (unpaired) electrons. The van der Waals surface area contributed by atoms with Gasteiger partial charge in [0.1, 0.15) is 17.8 Å². The number of carbonyl (C=O) groups is 1. The van der Waals surface area contributed by atoms with Gasteiger partial charge in [-0.3, -0.25) is 4.79 Å². The smallest absolute Gasteiger partial charge is 0.246 e. The first kappa shape index (κ1) is 18.4.